The maximum absolute atomic E-state index is 11.0. The Morgan fingerprint density at radius 3 is 2.33 bits per heavy atom. The van der Waals surface area contributed by atoms with Gasteiger partial charge in [-0.3, -0.25) is 4.79 Å². The maximum Gasteiger partial charge on any atom is 0.191 e. The lowest BCUT2D eigenvalue weighted by molar-refractivity contribution is -0.110. The fraction of sp³-hybridized carbons (Fsp3) is 0.792. The zero-order chi connectivity index (χ0) is 23.2. The van der Waals surface area contributed by atoms with Gasteiger partial charge in [0.2, 0.25) is 0 Å². The molecule has 176 valence electrons. The number of allylic oxidation sites excluding steroid dienone is 3. The fourth-order valence-corrected chi connectivity index (χ4v) is 3.97. The van der Waals surface area contributed by atoms with Crippen molar-refractivity contribution in [2.45, 2.75) is 96.9 Å². The largest absolute Gasteiger partial charge is 0.464 e. The summed E-state index contributed by atoms with van der Waals surface area (Å²) in [5, 5.41) is 10.4. The Labute approximate surface area is 186 Å². The van der Waals surface area contributed by atoms with E-state index in [1.165, 1.54) is 7.11 Å². The molecule has 0 aromatic rings. The van der Waals surface area contributed by atoms with Crippen LogP contribution in [0.4, 0.5) is 0 Å². The number of hydrogen-bond acceptors (Lipinski definition) is 5. The molecule has 2 unspecified atom stereocenters. The molecular formula is C24H46O5Si. The monoisotopic (exact) mass is 442 g/mol. The van der Waals surface area contributed by atoms with Crippen LogP contribution in [-0.2, 0) is 18.7 Å². The zero-order valence-corrected chi connectivity index (χ0v) is 21.5. The summed E-state index contributed by atoms with van der Waals surface area (Å²) in [5.41, 5.74) is 0.887. The zero-order valence-electron chi connectivity index (χ0n) is 20.5. The van der Waals surface area contributed by atoms with Gasteiger partial charge < -0.3 is 19.0 Å². The molecule has 30 heavy (non-hydrogen) atoms. The molecule has 0 aromatic heterocycles. The highest BCUT2D eigenvalue weighted by atomic mass is 28.4. The predicted octanol–water partition coefficient (Wildman–Crippen LogP) is 6.00. The second-order valence-corrected chi connectivity index (χ2v) is 14.7. The summed E-state index contributed by atoms with van der Waals surface area (Å²) in [6, 6.07) is 0. The Bertz CT molecular complexity index is 522. The molecule has 6 heteroatoms. The number of unbranched alkanes of at least 4 members (excludes halogenated alkanes) is 2. The second kappa shape index (κ2) is 14.9. The van der Waals surface area contributed by atoms with E-state index in [2.05, 4.69) is 47.4 Å². The van der Waals surface area contributed by atoms with Gasteiger partial charge in [-0.1, -0.05) is 65.5 Å². The van der Waals surface area contributed by atoms with Gasteiger partial charge in [-0.2, -0.15) is 0 Å². The second-order valence-electron chi connectivity index (χ2n) is 9.87. The minimum Gasteiger partial charge on any atom is -0.464 e. The summed E-state index contributed by atoms with van der Waals surface area (Å²) in [7, 11) is -0.202. The first-order valence-electron chi connectivity index (χ1n) is 11.2. The molecule has 0 bridgehead atoms. The van der Waals surface area contributed by atoms with E-state index in [0.29, 0.717) is 18.8 Å². The van der Waals surface area contributed by atoms with Gasteiger partial charge in [0.15, 0.2) is 27.2 Å². The first-order chi connectivity index (χ1) is 13.9. The number of rotatable bonds is 17. The molecule has 0 fully saturated rings. The molecule has 5 nitrogen and oxygen atoms in total. The molecule has 0 aromatic carbocycles. The van der Waals surface area contributed by atoms with Gasteiger partial charge in [0.25, 0.3) is 0 Å². The number of carbonyl (C=O) groups is 1. The molecule has 0 saturated heterocycles. The highest BCUT2D eigenvalue weighted by Gasteiger charge is 2.36. The lowest BCUT2D eigenvalue weighted by Crippen LogP contribution is -2.41. The van der Waals surface area contributed by atoms with Crippen molar-refractivity contribution in [2.75, 3.05) is 20.5 Å². The van der Waals surface area contributed by atoms with Crippen molar-refractivity contribution >= 4 is 14.6 Å². The van der Waals surface area contributed by atoms with Crippen LogP contribution in [0.5, 0.6) is 0 Å². The Kier molecular flexibility index (Phi) is 14.5. The predicted molar refractivity (Wildman–Crippen MR) is 127 cm³/mol. The molecule has 0 rings (SSSR count). The molecule has 0 aliphatic carbocycles. The SMILES string of the molecule is C=C(C=C(C=O)OCOC)CC(C)CCCCCC(O)CCO[Si](C)(C)C(C)(C)C. The van der Waals surface area contributed by atoms with E-state index < -0.39 is 8.32 Å². The van der Waals surface area contributed by atoms with Crippen molar-refractivity contribution in [2.24, 2.45) is 5.92 Å². The van der Waals surface area contributed by atoms with Crippen molar-refractivity contribution in [1.29, 1.82) is 0 Å². The highest BCUT2D eigenvalue weighted by Crippen LogP contribution is 2.36. The van der Waals surface area contributed by atoms with Gasteiger partial charge >= 0.3 is 0 Å². The first kappa shape index (κ1) is 29.0. The van der Waals surface area contributed by atoms with Crippen molar-refractivity contribution in [3.8, 4) is 0 Å². The van der Waals surface area contributed by atoms with Crippen molar-refractivity contribution in [1.82, 2.24) is 0 Å². The minimum atomic E-state index is -1.72. The average molecular weight is 443 g/mol. The van der Waals surface area contributed by atoms with Crippen molar-refractivity contribution < 1.29 is 23.8 Å². The quantitative estimate of drug-likeness (QED) is 0.0569. The molecule has 0 heterocycles. The summed E-state index contributed by atoms with van der Waals surface area (Å²) in [6.07, 6.45) is 8.87. The van der Waals surface area contributed by atoms with Crippen LogP contribution < -0.4 is 0 Å². The Morgan fingerprint density at radius 1 is 1.13 bits per heavy atom. The van der Waals surface area contributed by atoms with E-state index in [1.807, 2.05) is 0 Å². The number of aldehydes is 1. The summed E-state index contributed by atoms with van der Waals surface area (Å²) in [5.74, 6) is 0.743. The number of methoxy groups -OCH3 is 1. The maximum atomic E-state index is 11.0. The Hall–Kier alpha value is -0.953. The normalized spacial score (nSPS) is 15.0. The van der Waals surface area contributed by atoms with Gasteiger partial charge in [0.05, 0.1) is 6.10 Å². The molecule has 0 amide bonds. The number of aliphatic hydroxyl groups is 1. The van der Waals surface area contributed by atoms with E-state index in [1.54, 1.807) is 6.08 Å². The van der Waals surface area contributed by atoms with Crippen LogP contribution in [0, 0.1) is 5.92 Å². The molecule has 2 atom stereocenters. The standard InChI is InChI=1S/C24H46O5Si/c1-20(16-21(2)17-23(18-25)28-19-27-6)12-10-9-11-13-22(26)14-15-29-30(7,8)24(3,4)5/h17-18,20,22,26H,2,9-16,19H2,1,3-8H3. The number of aliphatic hydroxyl groups excluding tert-OH is 1. The van der Waals surface area contributed by atoms with Gasteiger partial charge in [-0.15, -0.1) is 0 Å². The minimum absolute atomic E-state index is 0.0572. The molecule has 0 aliphatic heterocycles. The molecule has 1 N–H and O–H groups in total. The fourth-order valence-electron chi connectivity index (χ4n) is 2.91. The van der Waals surface area contributed by atoms with Crippen LogP contribution in [0.3, 0.4) is 0 Å². The summed E-state index contributed by atoms with van der Waals surface area (Å²) in [4.78, 5) is 11.0. The summed E-state index contributed by atoms with van der Waals surface area (Å²) in [6.45, 7) is 18.1. The topological polar surface area (TPSA) is 65.0 Å². The molecule has 0 saturated carbocycles. The van der Waals surface area contributed by atoms with Crippen LogP contribution in [0.15, 0.2) is 24.0 Å². The van der Waals surface area contributed by atoms with Crippen molar-refractivity contribution in [3.63, 3.8) is 0 Å². The van der Waals surface area contributed by atoms with Gasteiger partial charge in [-0.05, 0) is 49.4 Å². The molecule has 0 radical (unpaired) electrons. The third-order valence-electron chi connectivity index (χ3n) is 5.87. The lowest BCUT2D eigenvalue weighted by atomic mass is 9.95. The third kappa shape index (κ3) is 13.4. The van der Waals surface area contributed by atoms with E-state index in [4.69, 9.17) is 13.9 Å². The van der Waals surface area contributed by atoms with Crippen LogP contribution in [0.1, 0.15) is 72.6 Å². The van der Waals surface area contributed by atoms with Gasteiger partial charge in [0.1, 0.15) is 0 Å². The van der Waals surface area contributed by atoms with Gasteiger partial charge in [-0.25, -0.2) is 0 Å². The summed E-state index contributed by atoms with van der Waals surface area (Å²) >= 11 is 0. The molecule has 0 spiro atoms. The lowest BCUT2D eigenvalue weighted by Gasteiger charge is -2.36. The van der Waals surface area contributed by atoms with Crippen LogP contribution in [0.2, 0.25) is 18.1 Å². The third-order valence-corrected chi connectivity index (χ3v) is 10.4. The van der Waals surface area contributed by atoms with E-state index in [9.17, 15) is 9.90 Å². The Balaban J connectivity index is 3.95. The number of ether oxygens (including phenoxy) is 2. The van der Waals surface area contributed by atoms with E-state index in [0.717, 1.165) is 50.5 Å². The number of hydrogen-bond donors (Lipinski definition) is 1. The highest BCUT2D eigenvalue weighted by molar-refractivity contribution is 6.74. The van der Waals surface area contributed by atoms with Crippen LogP contribution in [-0.4, -0.2) is 46.3 Å². The first-order valence-corrected chi connectivity index (χ1v) is 14.1. The summed E-state index contributed by atoms with van der Waals surface area (Å²) < 4.78 is 16.1. The van der Waals surface area contributed by atoms with Crippen LogP contribution in [0.25, 0.3) is 0 Å². The van der Waals surface area contributed by atoms with Crippen LogP contribution >= 0.6 is 0 Å². The van der Waals surface area contributed by atoms with Crippen molar-refractivity contribution in [3.05, 3.63) is 24.0 Å². The van der Waals surface area contributed by atoms with Gasteiger partial charge in [0, 0.05) is 13.7 Å². The van der Waals surface area contributed by atoms with E-state index >= 15 is 0 Å². The number of carbonyl (C=O) groups excluding carboxylic acids is 1. The van der Waals surface area contributed by atoms with E-state index in [-0.39, 0.29) is 23.7 Å². The molecular weight excluding hydrogens is 396 g/mol. The average Bonchev–Trinajstić information content (AvgIpc) is 2.63. The Morgan fingerprint density at radius 2 is 1.77 bits per heavy atom. The molecule has 0 aliphatic rings. The smallest absolute Gasteiger partial charge is 0.191 e.